The molecular formula is C9H8F5NO2. The third-order valence-corrected chi connectivity index (χ3v) is 2.02. The van der Waals surface area contributed by atoms with Gasteiger partial charge in [-0.2, -0.15) is 13.2 Å². The summed E-state index contributed by atoms with van der Waals surface area (Å²) in [6.07, 6.45) is -8.08. The van der Waals surface area contributed by atoms with Gasteiger partial charge in [-0.25, -0.2) is 8.78 Å². The van der Waals surface area contributed by atoms with Crippen LogP contribution in [0.2, 0.25) is 0 Å². The topological polar surface area (TPSA) is 42.4 Å². The summed E-state index contributed by atoms with van der Waals surface area (Å²) in [6.45, 7) is -0.791. The van der Waals surface area contributed by atoms with Crippen LogP contribution in [-0.2, 0) is 12.8 Å². The molecule has 1 rings (SSSR count). The first-order valence-electron chi connectivity index (χ1n) is 4.34. The number of ether oxygens (including phenoxy) is 1. The standard InChI is InChI=1S/C9H8F5NO2/c1-17-7-5(3-16)15-2-4(9(12,13)14)6(7)8(10)11/h2,8,16H,3H2,1H3. The zero-order valence-corrected chi connectivity index (χ0v) is 8.55. The minimum atomic E-state index is -4.96. The van der Waals surface area contributed by atoms with Gasteiger partial charge in [0.25, 0.3) is 6.43 Å². The Kier molecular flexibility index (Phi) is 3.87. The number of alkyl halides is 5. The van der Waals surface area contributed by atoms with Crippen LogP contribution in [0.4, 0.5) is 22.0 Å². The predicted molar refractivity (Wildman–Crippen MR) is 46.7 cm³/mol. The van der Waals surface area contributed by atoms with E-state index in [0.29, 0.717) is 0 Å². The van der Waals surface area contributed by atoms with Crippen molar-refractivity contribution in [1.29, 1.82) is 0 Å². The van der Waals surface area contributed by atoms with Crippen molar-refractivity contribution < 1.29 is 31.8 Å². The van der Waals surface area contributed by atoms with Crippen LogP contribution < -0.4 is 4.74 Å². The number of halogens is 5. The number of rotatable bonds is 3. The molecule has 17 heavy (non-hydrogen) atoms. The minimum Gasteiger partial charge on any atom is -0.494 e. The van der Waals surface area contributed by atoms with E-state index in [9.17, 15) is 22.0 Å². The van der Waals surface area contributed by atoms with E-state index in [2.05, 4.69) is 9.72 Å². The van der Waals surface area contributed by atoms with E-state index in [0.717, 1.165) is 7.11 Å². The molecule has 0 saturated carbocycles. The van der Waals surface area contributed by atoms with Gasteiger partial charge in [-0.3, -0.25) is 4.98 Å². The number of nitrogens with zero attached hydrogens (tertiary/aromatic N) is 1. The fraction of sp³-hybridized carbons (Fsp3) is 0.444. The Bertz CT molecular complexity index is 405. The normalized spacial score (nSPS) is 12.0. The average molecular weight is 257 g/mol. The lowest BCUT2D eigenvalue weighted by Crippen LogP contribution is -2.13. The lowest BCUT2D eigenvalue weighted by Gasteiger charge is -2.17. The van der Waals surface area contributed by atoms with Crippen LogP contribution in [0.25, 0.3) is 0 Å². The van der Waals surface area contributed by atoms with Gasteiger partial charge in [0.1, 0.15) is 5.69 Å². The Balaban J connectivity index is 3.54. The number of hydrogen-bond donors (Lipinski definition) is 1. The molecule has 1 N–H and O–H groups in total. The van der Waals surface area contributed by atoms with Crippen LogP contribution in [0.15, 0.2) is 6.20 Å². The first kappa shape index (κ1) is 13.6. The number of pyridine rings is 1. The Morgan fingerprint density at radius 3 is 2.35 bits per heavy atom. The zero-order chi connectivity index (χ0) is 13.2. The second-order valence-electron chi connectivity index (χ2n) is 3.02. The van der Waals surface area contributed by atoms with E-state index in [1.807, 2.05) is 0 Å². The highest BCUT2D eigenvalue weighted by Gasteiger charge is 2.39. The molecule has 0 fully saturated rings. The van der Waals surface area contributed by atoms with Crippen molar-refractivity contribution in [3.05, 3.63) is 23.0 Å². The molecule has 0 saturated heterocycles. The Labute approximate surface area is 92.8 Å². The summed E-state index contributed by atoms with van der Waals surface area (Å²) >= 11 is 0. The summed E-state index contributed by atoms with van der Waals surface area (Å²) in [4.78, 5) is 3.25. The average Bonchev–Trinajstić information content (AvgIpc) is 2.25. The van der Waals surface area contributed by atoms with Gasteiger partial charge in [-0.15, -0.1) is 0 Å². The molecule has 1 heterocycles. The van der Waals surface area contributed by atoms with Crippen LogP contribution in [0, 0.1) is 0 Å². The van der Waals surface area contributed by atoms with Gasteiger partial charge >= 0.3 is 6.18 Å². The monoisotopic (exact) mass is 257 g/mol. The Hall–Kier alpha value is -1.44. The molecule has 0 aliphatic heterocycles. The number of hydrogen-bond acceptors (Lipinski definition) is 3. The van der Waals surface area contributed by atoms with Crippen LogP contribution in [0.5, 0.6) is 5.75 Å². The van der Waals surface area contributed by atoms with Gasteiger partial charge in [-0.05, 0) is 0 Å². The molecule has 0 aromatic carbocycles. The van der Waals surface area contributed by atoms with Gasteiger partial charge in [0.15, 0.2) is 5.75 Å². The van der Waals surface area contributed by atoms with Gasteiger partial charge in [0, 0.05) is 6.20 Å². The van der Waals surface area contributed by atoms with E-state index in [4.69, 9.17) is 5.11 Å². The maximum atomic E-state index is 12.6. The highest BCUT2D eigenvalue weighted by molar-refractivity contribution is 5.44. The third kappa shape index (κ3) is 2.63. The second kappa shape index (κ2) is 4.82. The van der Waals surface area contributed by atoms with E-state index in [1.54, 1.807) is 0 Å². The molecule has 0 atom stereocenters. The van der Waals surface area contributed by atoms with E-state index >= 15 is 0 Å². The van der Waals surface area contributed by atoms with Crippen LogP contribution in [0.3, 0.4) is 0 Å². The highest BCUT2D eigenvalue weighted by Crippen LogP contribution is 2.41. The van der Waals surface area contributed by atoms with Crippen LogP contribution >= 0.6 is 0 Å². The molecule has 1 aromatic rings. The molecule has 0 bridgehead atoms. The van der Waals surface area contributed by atoms with Gasteiger partial charge in [0.05, 0.1) is 24.8 Å². The summed E-state index contributed by atoms with van der Waals surface area (Å²) in [7, 11) is 0.933. The molecule has 0 radical (unpaired) electrons. The van der Waals surface area contributed by atoms with Crippen LogP contribution in [0.1, 0.15) is 23.2 Å². The molecule has 0 spiro atoms. The van der Waals surface area contributed by atoms with E-state index in [-0.39, 0.29) is 11.9 Å². The van der Waals surface area contributed by atoms with Crippen molar-refractivity contribution in [2.75, 3.05) is 7.11 Å². The fourth-order valence-electron chi connectivity index (χ4n) is 1.33. The highest BCUT2D eigenvalue weighted by atomic mass is 19.4. The SMILES string of the molecule is COc1c(CO)ncc(C(F)(F)F)c1C(F)F. The molecule has 1 aromatic heterocycles. The summed E-state index contributed by atoms with van der Waals surface area (Å²) in [5.74, 6) is -0.739. The Morgan fingerprint density at radius 1 is 1.41 bits per heavy atom. The van der Waals surface area contributed by atoms with E-state index < -0.39 is 36.1 Å². The first-order chi connectivity index (χ1) is 7.82. The molecule has 0 aliphatic carbocycles. The van der Waals surface area contributed by atoms with Crippen molar-refractivity contribution in [2.45, 2.75) is 19.2 Å². The Morgan fingerprint density at radius 2 is 2.00 bits per heavy atom. The van der Waals surface area contributed by atoms with Crippen LogP contribution in [-0.4, -0.2) is 17.2 Å². The van der Waals surface area contributed by atoms with Crippen molar-refractivity contribution in [1.82, 2.24) is 4.98 Å². The lowest BCUT2D eigenvalue weighted by molar-refractivity contribution is -0.140. The first-order valence-corrected chi connectivity index (χ1v) is 4.34. The lowest BCUT2D eigenvalue weighted by atomic mass is 10.1. The molecule has 0 aliphatic rings. The van der Waals surface area contributed by atoms with Crippen molar-refractivity contribution in [3.63, 3.8) is 0 Å². The summed E-state index contributed by atoms with van der Waals surface area (Å²) in [6, 6.07) is 0. The molecule has 0 amide bonds. The number of aliphatic hydroxyl groups excluding tert-OH is 1. The minimum absolute atomic E-state index is 0.259. The molecule has 3 nitrogen and oxygen atoms in total. The smallest absolute Gasteiger partial charge is 0.418 e. The van der Waals surface area contributed by atoms with E-state index in [1.165, 1.54) is 0 Å². The molecule has 96 valence electrons. The molecule has 0 unspecified atom stereocenters. The maximum absolute atomic E-state index is 12.6. The third-order valence-electron chi connectivity index (χ3n) is 2.02. The second-order valence-corrected chi connectivity index (χ2v) is 3.02. The summed E-state index contributed by atoms with van der Waals surface area (Å²) in [5.41, 5.74) is -3.24. The number of aromatic nitrogens is 1. The fourth-order valence-corrected chi connectivity index (χ4v) is 1.33. The quantitative estimate of drug-likeness (QED) is 0.846. The largest absolute Gasteiger partial charge is 0.494 e. The van der Waals surface area contributed by atoms with Crippen molar-refractivity contribution in [3.8, 4) is 5.75 Å². The van der Waals surface area contributed by atoms with Gasteiger partial charge < -0.3 is 9.84 Å². The van der Waals surface area contributed by atoms with Gasteiger partial charge in [-0.1, -0.05) is 0 Å². The molecular weight excluding hydrogens is 249 g/mol. The predicted octanol–water partition coefficient (Wildman–Crippen LogP) is 2.54. The number of methoxy groups -OCH3 is 1. The summed E-state index contributed by atoms with van der Waals surface area (Å²) < 4.78 is 67.1. The number of aliphatic hydroxyl groups is 1. The molecule has 8 heteroatoms. The zero-order valence-electron chi connectivity index (χ0n) is 8.55. The summed E-state index contributed by atoms with van der Waals surface area (Å²) in [5, 5.41) is 8.78. The van der Waals surface area contributed by atoms with Gasteiger partial charge in [0.2, 0.25) is 0 Å². The van der Waals surface area contributed by atoms with Crippen molar-refractivity contribution >= 4 is 0 Å². The maximum Gasteiger partial charge on any atom is 0.418 e. The van der Waals surface area contributed by atoms with Crippen molar-refractivity contribution in [2.24, 2.45) is 0 Å².